The van der Waals surface area contributed by atoms with Gasteiger partial charge in [0, 0.05) is 41.1 Å². The lowest BCUT2D eigenvalue weighted by molar-refractivity contribution is -0.360. The summed E-state index contributed by atoms with van der Waals surface area (Å²) in [7, 11) is 3.17. The minimum absolute atomic E-state index is 0.0227. The molecule has 2 atom stereocenters. The second-order valence-corrected chi connectivity index (χ2v) is 9.27. The molecule has 2 unspecified atom stereocenters. The number of aromatic nitrogens is 1. The first-order valence-electron chi connectivity index (χ1n) is 12.3. The number of allylic oxidation sites excluding steroid dienone is 3. The number of aromatic amines is 1. The van der Waals surface area contributed by atoms with Crippen LogP contribution >= 0.6 is 0 Å². The van der Waals surface area contributed by atoms with Gasteiger partial charge in [-0.1, -0.05) is 42.5 Å². The number of rotatable bonds is 6. The van der Waals surface area contributed by atoms with Crippen LogP contribution in [0.25, 0.3) is 0 Å². The maximum Gasteiger partial charge on any atom is 0.337 e. The molecule has 5 rings (SSSR count). The number of pyridine rings is 1. The monoisotopic (exact) mass is 496 g/mol. The van der Waals surface area contributed by atoms with Crippen molar-refractivity contribution in [1.29, 1.82) is 0 Å². The van der Waals surface area contributed by atoms with Crippen molar-refractivity contribution in [1.82, 2.24) is 5.32 Å². The standard InChI is InChI=1S/C30H29N3O4/c1-18-27(30(35)33-26-11-7-8-14-31-26)28(22-13-12-21(36-2)17-25(22)37-3)29-23(32-18)15-20(16-24(29)34)19-9-5-4-6-10-19/h4-14,17,20,28,32H,15-16H2,1-3H3,(H,31,33,35)/p+1. The number of dihydropyridines is 1. The number of carbonyl (C=O) groups is 2. The molecule has 1 aliphatic heterocycles. The number of amides is 1. The Morgan fingerprint density at radius 1 is 1.00 bits per heavy atom. The molecular weight excluding hydrogens is 466 g/mol. The van der Waals surface area contributed by atoms with Gasteiger partial charge in [0.05, 0.1) is 31.9 Å². The van der Waals surface area contributed by atoms with Crippen LogP contribution in [0.15, 0.2) is 95.5 Å². The highest BCUT2D eigenvalue weighted by molar-refractivity contribution is 6.09. The number of ketones is 1. The summed E-state index contributed by atoms with van der Waals surface area (Å²) in [4.78, 5) is 30.6. The number of hydrogen-bond donors (Lipinski definition) is 2. The van der Waals surface area contributed by atoms with Crippen LogP contribution in [0.5, 0.6) is 11.5 Å². The number of benzene rings is 2. The quantitative estimate of drug-likeness (QED) is 0.524. The molecule has 2 aliphatic rings. The zero-order chi connectivity index (χ0) is 25.9. The summed E-state index contributed by atoms with van der Waals surface area (Å²) in [5, 5.41) is 6.38. The van der Waals surface area contributed by atoms with Crippen LogP contribution in [-0.2, 0) is 9.59 Å². The molecule has 188 valence electrons. The first-order chi connectivity index (χ1) is 18.0. The SMILES string of the molecule is COc1ccc(C2C(C(=O)Nc3cccc[nH+]3)=C(C)NC3=C2C(=O)CC(c2ccccc2)C3)c(OC)c1. The highest BCUT2D eigenvalue weighted by Gasteiger charge is 2.43. The van der Waals surface area contributed by atoms with E-state index in [9.17, 15) is 9.59 Å². The van der Waals surface area contributed by atoms with Crippen molar-refractivity contribution in [3.8, 4) is 11.5 Å². The molecule has 7 nitrogen and oxygen atoms in total. The Kier molecular flexibility index (Phi) is 6.77. The predicted octanol–water partition coefficient (Wildman–Crippen LogP) is 4.52. The zero-order valence-electron chi connectivity index (χ0n) is 21.1. The second kappa shape index (κ2) is 10.3. The normalized spacial score (nSPS) is 19.2. The van der Waals surface area contributed by atoms with Crippen LogP contribution < -0.4 is 25.1 Å². The molecule has 3 aromatic rings. The van der Waals surface area contributed by atoms with Gasteiger partial charge in [-0.2, -0.15) is 0 Å². The lowest BCUT2D eigenvalue weighted by Gasteiger charge is -2.36. The Morgan fingerprint density at radius 3 is 2.49 bits per heavy atom. The highest BCUT2D eigenvalue weighted by atomic mass is 16.5. The summed E-state index contributed by atoms with van der Waals surface area (Å²) >= 11 is 0. The smallest absolute Gasteiger partial charge is 0.337 e. The third-order valence-corrected chi connectivity index (χ3v) is 7.05. The number of Topliss-reactive ketones (excluding diaryl/α,β-unsaturated/α-hetero) is 1. The zero-order valence-corrected chi connectivity index (χ0v) is 21.1. The van der Waals surface area contributed by atoms with E-state index in [4.69, 9.17) is 9.47 Å². The van der Waals surface area contributed by atoms with Crippen molar-refractivity contribution in [2.24, 2.45) is 0 Å². The number of carbonyl (C=O) groups excluding carboxylic acids is 2. The average molecular weight is 497 g/mol. The predicted molar refractivity (Wildman–Crippen MR) is 140 cm³/mol. The van der Waals surface area contributed by atoms with E-state index < -0.39 is 5.92 Å². The van der Waals surface area contributed by atoms with E-state index in [1.807, 2.05) is 49.4 Å². The van der Waals surface area contributed by atoms with Crippen molar-refractivity contribution in [2.75, 3.05) is 19.5 Å². The molecule has 2 aromatic carbocycles. The molecule has 37 heavy (non-hydrogen) atoms. The molecule has 1 amide bonds. The number of methoxy groups -OCH3 is 2. The van der Waals surface area contributed by atoms with E-state index in [1.165, 1.54) is 0 Å². The highest BCUT2D eigenvalue weighted by Crippen LogP contribution is 2.48. The van der Waals surface area contributed by atoms with Crippen LogP contribution in [0.3, 0.4) is 0 Å². The molecule has 0 bridgehead atoms. The fourth-order valence-corrected chi connectivity index (χ4v) is 5.33. The lowest BCUT2D eigenvalue weighted by Crippen LogP contribution is -2.37. The van der Waals surface area contributed by atoms with Gasteiger partial charge in [-0.05, 0) is 37.0 Å². The molecule has 0 saturated carbocycles. The van der Waals surface area contributed by atoms with E-state index in [0.29, 0.717) is 47.0 Å². The van der Waals surface area contributed by atoms with Crippen molar-refractivity contribution < 1.29 is 24.0 Å². The van der Waals surface area contributed by atoms with Gasteiger partial charge in [-0.25, -0.2) is 15.1 Å². The first-order valence-corrected chi connectivity index (χ1v) is 12.3. The number of ether oxygens (including phenoxy) is 2. The Hall–Kier alpha value is -4.39. The van der Waals surface area contributed by atoms with Gasteiger partial charge in [-0.3, -0.25) is 4.79 Å². The van der Waals surface area contributed by atoms with Gasteiger partial charge in [0.25, 0.3) is 5.82 Å². The third-order valence-electron chi connectivity index (χ3n) is 7.05. The molecular formula is C30H30N3O4+. The van der Waals surface area contributed by atoms with E-state index in [0.717, 1.165) is 16.8 Å². The van der Waals surface area contributed by atoms with E-state index >= 15 is 0 Å². The fraction of sp³-hybridized carbons (Fsp3) is 0.233. The number of nitrogens with one attached hydrogen (secondary N) is 3. The molecule has 1 aliphatic carbocycles. The lowest BCUT2D eigenvalue weighted by atomic mass is 9.71. The summed E-state index contributed by atoms with van der Waals surface area (Å²) in [6.45, 7) is 1.88. The van der Waals surface area contributed by atoms with Crippen LogP contribution in [-0.4, -0.2) is 25.9 Å². The maximum absolute atomic E-state index is 13.8. The van der Waals surface area contributed by atoms with Gasteiger partial charge in [0.2, 0.25) is 0 Å². The first kappa shape index (κ1) is 24.3. The molecule has 0 fully saturated rings. The van der Waals surface area contributed by atoms with Crippen molar-refractivity contribution in [3.05, 3.63) is 107 Å². The Morgan fingerprint density at radius 2 is 1.78 bits per heavy atom. The molecule has 7 heteroatoms. The number of hydrogen-bond acceptors (Lipinski definition) is 5. The van der Waals surface area contributed by atoms with E-state index in [-0.39, 0.29) is 17.6 Å². The largest absolute Gasteiger partial charge is 0.497 e. The molecule has 2 heterocycles. The molecule has 0 spiro atoms. The van der Waals surface area contributed by atoms with Crippen LogP contribution in [0.1, 0.15) is 42.7 Å². The fourth-order valence-electron chi connectivity index (χ4n) is 5.33. The van der Waals surface area contributed by atoms with Gasteiger partial charge in [0.1, 0.15) is 11.5 Å². The molecule has 1 aromatic heterocycles. The summed E-state index contributed by atoms with van der Waals surface area (Å²) in [5.41, 5.74) is 4.53. The van der Waals surface area contributed by atoms with E-state index in [1.54, 1.807) is 32.5 Å². The van der Waals surface area contributed by atoms with Crippen LogP contribution in [0, 0.1) is 0 Å². The summed E-state index contributed by atoms with van der Waals surface area (Å²) < 4.78 is 11.1. The summed E-state index contributed by atoms with van der Waals surface area (Å²) in [5.74, 6) is 0.959. The number of H-pyrrole nitrogens is 1. The summed E-state index contributed by atoms with van der Waals surface area (Å²) in [6.07, 6.45) is 2.80. The Labute approximate surface area is 216 Å². The van der Waals surface area contributed by atoms with Gasteiger partial charge < -0.3 is 14.8 Å². The molecule has 0 saturated heterocycles. The van der Waals surface area contributed by atoms with Gasteiger partial charge >= 0.3 is 5.91 Å². The van der Waals surface area contributed by atoms with Gasteiger partial charge in [-0.15, -0.1) is 0 Å². The minimum atomic E-state index is -0.593. The summed E-state index contributed by atoms with van der Waals surface area (Å²) in [6, 6.07) is 21.1. The minimum Gasteiger partial charge on any atom is -0.497 e. The van der Waals surface area contributed by atoms with Crippen molar-refractivity contribution in [3.63, 3.8) is 0 Å². The van der Waals surface area contributed by atoms with Crippen LogP contribution in [0.4, 0.5) is 5.82 Å². The Balaban J connectivity index is 1.62. The molecule has 0 radical (unpaired) electrons. The van der Waals surface area contributed by atoms with E-state index in [2.05, 4.69) is 27.8 Å². The van der Waals surface area contributed by atoms with Crippen LogP contribution in [0.2, 0.25) is 0 Å². The second-order valence-electron chi connectivity index (χ2n) is 9.27. The Bertz CT molecular complexity index is 1400. The molecule has 3 N–H and O–H groups in total. The number of anilines is 1. The third kappa shape index (κ3) is 4.72. The maximum atomic E-state index is 13.8. The van der Waals surface area contributed by atoms with Gasteiger partial charge in [0.15, 0.2) is 5.78 Å². The van der Waals surface area contributed by atoms with Crippen molar-refractivity contribution >= 4 is 17.5 Å². The topological polar surface area (TPSA) is 90.8 Å². The average Bonchev–Trinajstić information content (AvgIpc) is 2.92. The van der Waals surface area contributed by atoms with Crippen molar-refractivity contribution in [2.45, 2.75) is 31.6 Å².